The van der Waals surface area contributed by atoms with Gasteiger partial charge in [0.05, 0.1) is 21.0 Å². The van der Waals surface area contributed by atoms with Crippen LogP contribution in [0.5, 0.6) is 0 Å². The van der Waals surface area contributed by atoms with E-state index in [-0.39, 0.29) is 63.2 Å². The Balaban J connectivity index is 1.97. The van der Waals surface area contributed by atoms with E-state index >= 15 is 0 Å². The Bertz CT molecular complexity index is 1950. The molecule has 1 saturated carbocycles. The summed E-state index contributed by atoms with van der Waals surface area (Å²) < 4.78 is 62.8. The van der Waals surface area contributed by atoms with Crippen molar-refractivity contribution in [2.24, 2.45) is 12.0 Å². The second-order valence-corrected chi connectivity index (χ2v) is 18.7. The maximum atomic E-state index is 14.6. The number of hydrogen-bond acceptors (Lipinski definition) is 9. The minimum absolute atomic E-state index is 0.00254. The van der Waals surface area contributed by atoms with Crippen LogP contribution in [0.1, 0.15) is 73.6 Å². The van der Waals surface area contributed by atoms with Gasteiger partial charge in [0, 0.05) is 63.0 Å². The Labute approximate surface area is 331 Å². The van der Waals surface area contributed by atoms with Crippen molar-refractivity contribution in [3.05, 3.63) is 45.2 Å². The Hall–Kier alpha value is -1.88. The van der Waals surface area contributed by atoms with Gasteiger partial charge in [-0.2, -0.15) is 13.7 Å². The minimum atomic E-state index is -4.19. The van der Waals surface area contributed by atoms with Crippen LogP contribution in [0.15, 0.2) is 45.1 Å². The van der Waals surface area contributed by atoms with E-state index in [1.807, 2.05) is 41.7 Å². The molecule has 11 nitrogen and oxygen atoms in total. The molecule has 0 amide bonds. The van der Waals surface area contributed by atoms with Crippen molar-refractivity contribution in [2.75, 3.05) is 65.4 Å². The molecule has 0 N–H and O–H groups in total. The number of sulfonamides is 2. The highest BCUT2D eigenvalue weighted by Gasteiger charge is 2.34. The fraction of sp³-hybridized carbons (Fsp3) is 0.622. The molecule has 0 unspecified atom stereocenters. The Morgan fingerprint density at radius 1 is 0.736 bits per heavy atom. The molecule has 1 heterocycles. The van der Waals surface area contributed by atoms with Gasteiger partial charge in [0.2, 0.25) is 24.8 Å². The number of aromatic nitrogens is 2. The van der Waals surface area contributed by atoms with Crippen LogP contribution in [0.2, 0.25) is 10.0 Å². The number of aryl methyl sites for hydroxylation is 1. The highest BCUT2D eigenvalue weighted by atomic mass is 35.5. The van der Waals surface area contributed by atoms with E-state index in [9.17, 15) is 16.8 Å². The van der Waals surface area contributed by atoms with Crippen LogP contribution in [0.3, 0.4) is 0 Å². The average Bonchev–Trinajstić information content (AvgIpc) is 3.51. The third kappa shape index (κ3) is 10.1. The van der Waals surface area contributed by atoms with E-state index in [2.05, 4.69) is 9.80 Å². The molecule has 16 heteroatoms. The zero-order valence-electron chi connectivity index (χ0n) is 32.3. The molecule has 3 aromatic rings. The first kappa shape index (κ1) is 43.8. The van der Waals surface area contributed by atoms with Crippen molar-refractivity contribution in [1.29, 1.82) is 0 Å². The normalized spacial score (nSPS) is 15.2. The van der Waals surface area contributed by atoms with Crippen molar-refractivity contribution in [1.82, 2.24) is 28.2 Å². The van der Waals surface area contributed by atoms with Gasteiger partial charge in [-0.25, -0.2) is 21.5 Å². The molecule has 2 aromatic carbocycles. The van der Waals surface area contributed by atoms with E-state index < -0.39 is 20.0 Å². The zero-order valence-corrected chi connectivity index (χ0v) is 36.3. The van der Waals surface area contributed by atoms with Gasteiger partial charge in [0.1, 0.15) is 9.90 Å². The van der Waals surface area contributed by atoms with Gasteiger partial charge in [0.25, 0.3) is 0 Å². The Morgan fingerprint density at radius 2 is 1.26 bits per heavy atom. The van der Waals surface area contributed by atoms with Gasteiger partial charge in [-0.1, -0.05) is 114 Å². The molecule has 0 aliphatic heterocycles. The molecule has 296 valence electrons. The van der Waals surface area contributed by atoms with E-state index in [1.54, 1.807) is 29.8 Å². The number of likely N-dealkylation sites (N-methyl/N-ethyl adjacent to an activating group) is 4. The van der Waals surface area contributed by atoms with Crippen LogP contribution >= 0.6 is 34.5 Å². The molecule has 1 fully saturated rings. The molecule has 4 rings (SSSR count). The van der Waals surface area contributed by atoms with Gasteiger partial charge >= 0.3 is 0 Å². The lowest BCUT2D eigenvalue weighted by atomic mass is 9.96. The van der Waals surface area contributed by atoms with Gasteiger partial charge < -0.3 is 9.80 Å². The van der Waals surface area contributed by atoms with Crippen LogP contribution < -0.4 is 4.80 Å². The second kappa shape index (κ2) is 19.8. The summed E-state index contributed by atoms with van der Waals surface area (Å²) in [6.45, 7) is 17.1. The van der Waals surface area contributed by atoms with Crippen LogP contribution in [-0.2, 0) is 27.1 Å². The summed E-state index contributed by atoms with van der Waals surface area (Å²) in [5.41, 5.74) is 0.698. The van der Waals surface area contributed by atoms with E-state index in [0.717, 1.165) is 51.9 Å². The molecule has 1 aliphatic rings. The molecule has 0 atom stereocenters. The van der Waals surface area contributed by atoms with Crippen LogP contribution in [-0.4, -0.2) is 117 Å². The van der Waals surface area contributed by atoms with E-state index in [4.69, 9.17) is 33.3 Å². The first-order valence-electron chi connectivity index (χ1n) is 18.9. The van der Waals surface area contributed by atoms with Crippen molar-refractivity contribution >= 4 is 54.6 Å². The van der Waals surface area contributed by atoms with Gasteiger partial charge in [0.15, 0.2) is 0 Å². The number of nitrogens with zero attached hydrogens (tertiary/aromatic N) is 7. The zero-order chi connectivity index (χ0) is 38.9. The molecule has 53 heavy (non-hydrogen) atoms. The fourth-order valence-electron chi connectivity index (χ4n) is 6.79. The Kier molecular flexibility index (Phi) is 16.4. The van der Waals surface area contributed by atoms with Crippen LogP contribution in [0, 0.1) is 0 Å². The topological polar surface area (TPSA) is 111 Å². The molecule has 0 bridgehead atoms. The maximum Gasteiger partial charge on any atom is 0.244 e. The summed E-state index contributed by atoms with van der Waals surface area (Å²) in [6.07, 6.45) is 5.49. The van der Waals surface area contributed by atoms with Gasteiger partial charge in [-0.3, -0.25) is 4.99 Å². The van der Waals surface area contributed by atoms with Gasteiger partial charge in [-0.15, -0.1) is 0 Å². The summed E-state index contributed by atoms with van der Waals surface area (Å²) >= 11 is 15.8. The maximum absolute atomic E-state index is 14.6. The lowest BCUT2D eigenvalue weighted by Crippen LogP contribution is -2.39. The highest BCUT2D eigenvalue weighted by molar-refractivity contribution is 7.89. The summed E-state index contributed by atoms with van der Waals surface area (Å²) in [7, 11) is -6.45. The lowest BCUT2D eigenvalue weighted by Gasteiger charge is -2.27. The van der Waals surface area contributed by atoms with Crippen molar-refractivity contribution in [2.45, 2.75) is 89.5 Å². The first-order chi connectivity index (χ1) is 25.3. The largest absolute Gasteiger partial charge is 0.303 e. The minimum Gasteiger partial charge on any atom is -0.303 e. The van der Waals surface area contributed by atoms with Crippen molar-refractivity contribution in [3.8, 4) is 21.7 Å². The highest BCUT2D eigenvalue weighted by Crippen LogP contribution is 2.47. The Morgan fingerprint density at radius 3 is 1.79 bits per heavy atom. The smallest absolute Gasteiger partial charge is 0.244 e. The summed E-state index contributed by atoms with van der Waals surface area (Å²) in [4.78, 5) is 9.88. The number of halogens is 2. The third-order valence-corrected chi connectivity index (χ3v) is 16.2. The summed E-state index contributed by atoms with van der Waals surface area (Å²) in [5.74, 6) is 0. The predicted molar refractivity (Wildman–Crippen MR) is 219 cm³/mol. The average molecular weight is 831 g/mol. The van der Waals surface area contributed by atoms with E-state index in [1.165, 1.54) is 38.5 Å². The van der Waals surface area contributed by atoms with Crippen molar-refractivity contribution < 1.29 is 16.8 Å². The second-order valence-electron chi connectivity index (χ2n) is 13.2. The lowest BCUT2D eigenvalue weighted by molar-refractivity contribution is 0.274. The molecule has 0 radical (unpaired) electrons. The molecule has 1 aliphatic carbocycles. The number of hydrogen-bond donors (Lipinski definition) is 0. The molecule has 0 saturated heterocycles. The van der Waals surface area contributed by atoms with Gasteiger partial charge in [-0.05, 0) is 51.2 Å². The number of benzene rings is 2. The monoisotopic (exact) mass is 829 g/mol. The van der Waals surface area contributed by atoms with E-state index in [0.29, 0.717) is 28.5 Å². The third-order valence-electron chi connectivity index (χ3n) is 10.2. The SMILES string of the molecule is CCN(CC)CCN(CC)S(=O)(=O)c1ccccc1-c1c(Cl)c(-c2nn(C)c(=NC3CCCCC3)s2)cc(S(=O)(=O)N(CC)CCN(CC)CC)c1Cl. The van der Waals surface area contributed by atoms with Crippen LogP contribution in [0.4, 0.5) is 0 Å². The fourth-order valence-corrected chi connectivity index (χ4v) is 11.9. The molecular formula is C37H57Cl2N7O4S3. The summed E-state index contributed by atoms with van der Waals surface area (Å²) in [6, 6.07) is 8.23. The predicted octanol–water partition coefficient (Wildman–Crippen LogP) is 7.06. The molecule has 0 spiro atoms. The number of rotatable bonds is 19. The molecular weight excluding hydrogens is 774 g/mol. The quantitative estimate of drug-likeness (QED) is 0.127. The standard InChI is InChI=1S/C37H57Cl2N7O4S3/c1-8-43(9-2)23-25-45(12-5)52(47,48)31-22-18-17-21-29(31)33-34(38)30(36-41-42(7)37(51-36)40-28-19-15-14-16-20-28)27-32(35(33)39)53(49,50)46(13-6)26-24-44(10-3)11-4/h17-18,21-22,27-28H,8-16,19-20,23-26H2,1-7H3. The van der Waals surface area contributed by atoms with Crippen LogP contribution in [0.25, 0.3) is 21.7 Å². The molecule has 1 aromatic heterocycles. The van der Waals surface area contributed by atoms with Crippen molar-refractivity contribution in [3.63, 3.8) is 0 Å². The summed E-state index contributed by atoms with van der Waals surface area (Å²) in [5, 5.41) is 5.22. The first-order valence-corrected chi connectivity index (χ1v) is 23.4.